The maximum Gasteiger partial charge on any atom is 0.336 e. The number of benzene rings is 3. The number of hydrogen-bond acceptors (Lipinski definition) is 6. The van der Waals surface area contributed by atoms with E-state index in [0.717, 1.165) is 68.9 Å². The Morgan fingerprint density at radius 2 is 0.911 bits per heavy atom. The zero-order chi connectivity index (χ0) is 32.5. The second-order valence-corrected chi connectivity index (χ2v) is 11.8. The van der Waals surface area contributed by atoms with Gasteiger partial charge in [0.2, 0.25) is 0 Å². The number of phenolic OH excluding ortho intramolecular Hbond substituents is 3. The largest absolute Gasteiger partial charge is 0.508 e. The number of nitrogens with zero attached hydrogens (tertiary/aromatic N) is 3. The monoisotopic (exact) mass is 615 g/mol. The topological polar surface area (TPSA) is 127 Å². The molecule has 45 heavy (non-hydrogen) atoms. The number of aryl methyl sites for hydroxylation is 3. The first-order valence-electron chi connectivity index (χ1n) is 16.0. The molecule has 9 nitrogen and oxygen atoms in total. The van der Waals surface area contributed by atoms with E-state index in [1.807, 2.05) is 12.1 Å². The first kappa shape index (κ1) is 33.4. The van der Waals surface area contributed by atoms with E-state index in [1.54, 1.807) is 30.3 Å². The highest BCUT2D eigenvalue weighted by Crippen LogP contribution is 2.28. The van der Waals surface area contributed by atoms with Gasteiger partial charge in [-0.2, -0.15) is 0 Å². The quantitative estimate of drug-likeness (QED) is 0.163. The average Bonchev–Trinajstić information content (AvgIpc) is 3.03. The SMILES string of the molecule is CCCCc1cc(Cn2c(=O)n(Cc3ccc(O)cc3)c(=O)n(Cc3cc(CCCC)c(O)c(CCCC)c3)c2=O)ccc1O. The summed E-state index contributed by atoms with van der Waals surface area (Å²) in [5.74, 6) is 0.498. The Labute approximate surface area is 263 Å². The molecule has 0 saturated heterocycles. The zero-order valence-electron chi connectivity index (χ0n) is 26.6. The normalized spacial score (nSPS) is 11.3. The van der Waals surface area contributed by atoms with Crippen LogP contribution in [0, 0.1) is 0 Å². The van der Waals surface area contributed by atoms with Crippen molar-refractivity contribution < 1.29 is 15.3 Å². The molecule has 0 amide bonds. The first-order chi connectivity index (χ1) is 21.7. The molecule has 0 aliphatic carbocycles. The Balaban J connectivity index is 1.85. The molecule has 0 bridgehead atoms. The van der Waals surface area contributed by atoms with Gasteiger partial charge in [-0.05, 0) is 90.1 Å². The fraction of sp³-hybridized carbons (Fsp3) is 0.417. The van der Waals surface area contributed by atoms with Crippen molar-refractivity contribution in [1.82, 2.24) is 13.7 Å². The predicted octanol–water partition coefficient (Wildman–Crippen LogP) is 5.46. The van der Waals surface area contributed by atoms with Gasteiger partial charge in [-0.15, -0.1) is 0 Å². The standard InChI is InChI=1S/C36H45N3O6/c1-4-7-10-28-19-26(15-18-32(28)41)23-38-34(43)37(22-25-13-16-31(40)17-14-25)35(44)39(36(38)45)24-27-20-29(11-8-5-2)33(42)30(21-27)12-9-6-3/h13-21,40-42H,4-12,22-24H2,1-3H3. The van der Waals surface area contributed by atoms with Crippen LogP contribution in [-0.4, -0.2) is 29.0 Å². The third-order valence-corrected chi connectivity index (χ3v) is 8.21. The molecule has 1 aromatic heterocycles. The van der Waals surface area contributed by atoms with Gasteiger partial charge >= 0.3 is 17.1 Å². The maximum atomic E-state index is 14.0. The molecule has 0 fully saturated rings. The third kappa shape index (κ3) is 8.15. The molecule has 0 radical (unpaired) electrons. The van der Waals surface area contributed by atoms with E-state index >= 15 is 0 Å². The van der Waals surface area contributed by atoms with Crippen molar-refractivity contribution in [3.8, 4) is 17.2 Å². The lowest BCUT2D eigenvalue weighted by Gasteiger charge is -2.17. The van der Waals surface area contributed by atoms with Crippen LogP contribution in [0.5, 0.6) is 17.2 Å². The summed E-state index contributed by atoms with van der Waals surface area (Å²) < 4.78 is 3.19. The van der Waals surface area contributed by atoms with Crippen LogP contribution in [0.3, 0.4) is 0 Å². The summed E-state index contributed by atoms with van der Waals surface area (Å²) in [5, 5.41) is 31.1. The van der Waals surface area contributed by atoms with Gasteiger partial charge in [0.05, 0.1) is 19.6 Å². The van der Waals surface area contributed by atoms with Crippen LogP contribution in [-0.2, 0) is 38.9 Å². The van der Waals surface area contributed by atoms with Crippen molar-refractivity contribution in [2.24, 2.45) is 0 Å². The molecule has 0 unspecified atom stereocenters. The Bertz CT molecular complexity index is 1750. The Morgan fingerprint density at radius 1 is 0.511 bits per heavy atom. The molecule has 240 valence electrons. The van der Waals surface area contributed by atoms with E-state index in [1.165, 1.54) is 12.1 Å². The van der Waals surface area contributed by atoms with Gasteiger partial charge in [-0.1, -0.05) is 76.4 Å². The van der Waals surface area contributed by atoms with Crippen molar-refractivity contribution in [2.75, 3.05) is 0 Å². The second kappa shape index (κ2) is 15.5. The lowest BCUT2D eigenvalue weighted by molar-refractivity contribution is 0.457. The number of phenols is 3. The molecule has 4 rings (SSSR count). The van der Waals surface area contributed by atoms with Gasteiger partial charge in [-0.25, -0.2) is 28.1 Å². The molecule has 0 aliphatic rings. The highest BCUT2D eigenvalue weighted by Gasteiger charge is 2.19. The molecule has 4 aromatic rings. The minimum absolute atomic E-state index is 0.0600. The summed E-state index contributed by atoms with van der Waals surface area (Å²) in [4.78, 5) is 41.6. The van der Waals surface area contributed by atoms with Crippen LogP contribution in [0.15, 0.2) is 69.0 Å². The molecule has 0 spiro atoms. The summed E-state index contributed by atoms with van der Waals surface area (Å²) in [7, 11) is 0. The minimum Gasteiger partial charge on any atom is -0.508 e. The van der Waals surface area contributed by atoms with Crippen LogP contribution < -0.4 is 17.1 Å². The fourth-order valence-corrected chi connectivity index (χ4v) is 5.58. The van der Waals surface area contributed by atoms with E-state index in [4.69, 9.17) is 0 Å². The fourth-order valence-electron chi connectivity index (χ4n) is 5.58. The zero-order valence-corrected chi connectivity index (χ0v) is 26.6. The summed E-state index contributed by atoms with van der Waals surface area (Å²) >= 11 is 0. The van der Waals surface area contributed by atoms with E-state index < -0.39 is 17.1 Å². The predicted molar refractivity (Wildman–Crippen MR) is 177 cm³/mol. The van der Waals surface area contributed by atoms with E-state index in [2.05, 4.69) is 20.8 Å². The smallest absolute Gasteiger partial charge is 0.336 e. The molecule has 9 heteroatoms. The van der Waals surface area contributed by atoms with E-state index in [9.17, 15) is 29.7 Å². The van der Waals surface area contributed by atoms with Crippen LogP contribution >= 0.6 is 0 Å². The van der Waals surface area contributed by atoms with E-state index in [0.29, 0.717) is 36.0 Å². The number of aromatic hydroxyl groups is 3. The van der Waals surface area contributed by atoms with Crippen molar-refractivity contribution in [1.29, 1.82) is 0 Å². The van der Waals surface area contributed by atoms with E-state index in [-0.39, 0.29) is 36.9 Å². The maximum absolute atomic E-state index is 14.0. The summed E-state index contributed by atoms with van der Waals surface area (Å²) in [5.41, 5.74) is 2.09. The first-order valence-corrected chi connectivity index (χ1v) is 16.0. The average molecular weight is 616 g/mol. The minimum atomic E-state index is -0.740. The summed E-state index contributed by atoms with van der Waals surface area (Å²) in [6.45, 7) is 6.00. The third-order valence-electron chi connectivity index (χ3n) is 8.21. The Morgan fingerprint density at radius 3 is 1.40 bits per heavy atom. The van der Waals surface area contributed by atoms with Crippen molar-refractivity contribution in [2.45, 2.75) is 98.2 Å². The molecular weight excluding hydrogens is 570 g/mol. The van der Waals surface area contributed by atoms with Crippen molar-refractivity contribution in [3.63, 3.8) is 0 Å². The lowest BCUT2D eigenvalue weighted by Crippen LogP contribution is -2.54. The molecule has 0 saturated carbocycles. The van der Waals surface area contributed by atoms with Crippen LogP contribution in [0.4, 0.5) is 0 Å². The van der Waals surface area contributed by atoms with Crippen molar-refractivity contribution >= 4 is 0 Å². The molecular formula is C36H45N3O6. The molecule has 1 heterocycles. The van der Waals surface area contributed by atoms with Gasteiger partial charge in [0.1, 0.15) is 17.2 Å². The van der Waals surface area contributed by atoms with Crippen LogP contribution in [0.25, 0.3) is 0 Å². The number of aromatic nitrogens is 3. The highest BCUT2D eigenvalue weighted by atomic mass is 16.3. The van der Waals surface area contributed by atoms with Gasteiger partial charge in [0.25, 0.3) is 0 Å². The van der Waals surface area contributed by atoms with Gasteiger partial charge in [0.15, 0.2) is 0 Å². The lowest BCUT2D eigenvalue weighted by atomic mass is 9.97. The van der Waals surface area contributed by atoms with Crippen LogP contribution in [0.2, 0.25) is 0 Å². The van der Waals surface area contributed by atoms with Gasteiger partial charge in [-0.3, -0.25) is 0 Å². The summed E-state index contributed by atoms with van der Waals surface area (Å²) in [6, 6.07) is 15.0. The molecule has 3 N–H and O–H groups in total. The highest BCUT2D eigenvalue weighted by molar-refractivity contribution is 5.44. The van der Waals surface area contributed by atoms with Crippen LogP contribution in [0.1, 0.15) is 92.7 Å². The molecule has 0 aliphatic heterocycles. The van der Waals surface area contributed by atoms with Gasteiger partial charge < -0.3 is 15.3 Å². The number of unbranched alkanes of at least 4 members (excludes halogenated alkanes) is 3. The van der Waals surface area contributed by atoms with Gasteiger partial charge in [0, 0.05) is 0 Å². The molecule has 3 aromatic carbocycles. The number of rotatable bonds is 15. The number of hydrogen-bond donors (Lipinski definition) is 3. The Kier molecular flexibility index (Phi) is 11.5. The Hall–Kier alpha value is -4.53. The molecule has 0 atom stereocenters. The summed E-state index contributed by atoms with van der Waals surface area (Å²) in [6.07, 6.45) is 7.55. The van der Waals surface area contributed by atoms with Crippen molar-refractivity contribution in [3.05, 3.63) is 119 Å². The second-order valence-electron chi connectivity index (χ2n) is 11.8.